The number of hydrogen-bond donors (Lipinski definition) is 1. The number of pyridine rings is 1. The third kappa shape index (κ3) is 4.91. The van der Waals surface area contributed by atoms with Crippen molar-refractivity contribution < 1.29 is 17.2 Å². The van der Waals surface area contributed by atoms with Crippen molar-refractivity contribution in [1.82, 2.24) is 19.7 Å². The molecule has 0 spiro atoms. The number of hydrogen-bond acceptors (Lipinski definition) is 5. The maximum absolute atomic E-state index is 13.5. The van der Waals surface area contributed by atoms with Crippen LogP contribution in [0.1, 0.15) is 5.56 Å². The van der Waals surface area contributed by atoms with Gasteiger partial charge in [0.15, 0.2) is 0 Å². The molecule has 6 nitrogen and oxygen atoms in total. The van der Waals surface area contributed by atoms with Gasteiger partial charge in [0, 0.05) is 30.1 Å². The van der Waals surface area contributed by atoms with E-state index in [1.807, 2.05) is 0 Å². The van der Waals surface area contributed by atoms with Crippen LogP contribution in [-0.4, -0.2) is 23.4 Å². The molecule has 0 saturated carbocycles. The average Bonchev–Trinajstić information content (AvgIpc) is 2.88. The molecule has 0 amide bonds. The lowest BCUT2D eigenvalue weighted by Crippen LogP contribution is -2.23. The highest BCUT2D eigenvalue weighted by atomic mass is 32.2. The molecule has 174 valence electrons. The zero-order valence-electron chi connectivity index (χ0n) is 18.2. The van der Waals surface area contributed by atoms with Gasteiger partial charge < -0.3 is 0 Å². The second kappa shape index (κ2) is 9.28. The van der Waals surface area contributed by atoms with Crippen LogP contribution >= 0.6 is 0 Å². The molecular formula is C26H18F2N4O2S. The molecule has 0 radical (unpaired) electrons. The number of halogens is 2. The van der Waals surface area contributed by atoms with E-state index in [9.17, 15) is 17.2 Å². The first-order valence-corrected chi connectivity index (χ1v) is 12.1. The van der Waals surface area contributed by atoms with Crippen molar-refractivity contribution in [2.75, 3.05) is 0 Å². The molecule has 5 rings (SSSR count). The molecule has 0 unspecified atom stereocenters. The molecule has 0 aliphatic carbocycles. The maximum atomic E-state index is 13.5. The van der Waals surface area contributed by atoms with E-state index in [0.29, 0.717) is 33.5 Å². The third-order valence-electron chi connectivity index (χ3n) is 5.37. The first kappa shape index (κ1) is 22.7. The van der Waals surface area contributed by atoms with Crippen LogP contribution in [0.25, 0.3) is 33.5 Å². The zero-order chi connectivity index (χ0) is 24.4. The number of sulfonamides is 1. The largest absolute Gasteiger partial charge is 0.264 e. The molecule has 0 atom stereocenters. The van der Waals surface area contributed by atoms with Crippen molar-refractivity contribution in [3.63, 3.8) is 0 Å². The van der Waals surface area contributed by atoms with Gasteiger partial charge in [-0.15, -0.1) is 0 Å². The highest BCUT2D eigenvalue weighted by Crippen LogP contribution is 2.32. The minimum Gasteiger partial charge on any atom is -0.264 e. The van der Waals surface area contributed by atoms with Crippen LogP contribution < -0.4 is 4.72 Å². The van der Waals surface area contributed by atoms with Gasteiger partial charge in [-0.2, -0.15) is 0 Å². The number of nitrogens with zero attached hydrogens (tertiary/aromatic N) is 3. The van der Waals surface area contributed by atoms with Crippen LogP contribution in [0.5, 0.6) is 0 Å². The van der Waals surface area contributed by atoms with Crippen molar-refractivity contribution in [3.05, 3.63) is 108 Å². The van der Waals surface area contributed by atoms with E-state index in [1.165, 1.54) is 36.4 Å². The minimum atomic E-state index is -3.84. The Bertz CT molecular complexity index is 1610. The van der Waals surface area contributed by atoms with Gasteiger partial charge in [0.05, 0.1) is 27.3 Å². The number of nitrogens with one attached hydrogen (secondary N) is 1. The van der Waals surface area contributed by atoms with Crippen molar-refractivity contribution in [2.24, 2.45) is 0 Å². The predicted molar refractivity (Wildman–Crippen MR) is 129 cm³/mol. The summed E-state index contributed by atoms with van der Waals surface area (Å²) in [4.78, 5) is 13.4. The van der Waals surface area contributed by atoms with Crippen LogP contribution in [0.4, 0.5) is 8.78 Å². The highest BCUT2D eigenvalue weighted by Gasteiger charge is 2.18. The Balaban J connectivity index is 1.59. The van der Waals surface area contributed by atoms with E-state index in [2.05, 4.69) is 19.7 Å². The predicted octanol–water partition coefficient (Wildman–Crippen LogP) is 5.12. The Morgan fingerprint density at radius 3 is 1.91 bits per heavy atom. The maximum Gasteiger partial charge on any atom is 0.240 e. The molecule has 3 aromatic carbocycles. The Morgan fingerprint density at radius 1 is 0.743 bits per heavy atom. The third-order valence-corrected chi connectivity index (χ3v) is 6.77. The SMILES string of the molecule is O=S(=O)(NCc1cccnc1)c1ccc2nc(-c3ccc(F)cc3)c(-c3ccc(F)cc3)nc2c1. The number of benzene rings is 3. The quantitative estimate of drug-likeness (QED) is 0.359. The lowest BCUT2D eigenvalue weighted by atomic mass is 10.0. The molecular weight excluding hydrogens is 470 g/mol. The fourth-order valence-corrected chi connectivity index (χ4v) is 4.62. The molecule has 2 heterocycles. The molecule has 0 aliphatic heterocycles. The van der Waals surface area contributed by atoms with Gasteiger partial charge in [-0.1, -0.05) is 6.07 Å². The van der Waals surface area contributed by atoms with Crippen LogP contribution in [0, 0.1) is 11.6 Å². The van der Waals surface area contributed by atoms with Gasteiger partial charge in [-0.05, 0) is 78.4 Å². The van der Waals surface area contributed by atoms with Gasteiger partial charge in [0.2, 0.25) is 10.0 Å². The fourth-order valence-electron chi connectivity index (χ4n) is 3.58. The van der Waals surface area contributed by atoms with Gasteiger partial charge in [0.25, 0.3) is 0 Å². The van der Waals surface area contributed by atoms with Gasteiger partial charge in [-0.25, -0.2) is 31.9 Å². The second-order valence-corrected chi connectivity index (χ2v) is 9.54. The van der Waals surface area contributed by atoms with E-state index in [1.54, 1.807) is 54.9 Å². The minimum absolute atomic E-state index is 0.0304. The molecule has 1 N–H and O–H groups in total. The van der Waals surface area contributed by atoms with E-state index < -0.39 is 15.8 Å². The van der Waals surface area contributed by atoms with Gasteiger partial charge in [0.1, 0.15) is 11.6 Å². The van der Waals surface area contributed by atoms with Gasteiger partial charge >= 0.3 is 0 Å². The summed E-state index contributed by atoms with van der Waals surface area (Å²) in [6.45, 7) is 0.0875. The smallest absolute Gasteiger partial charge is 0.240 e. The summed E-state index contributed by atoms with van der Waals surface area (Å²) in [6.07, 6.45) is 3.19. The number of aromatic nitrogens is 3. The molecule has 0 fully saturated rings. The Labute approximate surface area is 200 Å². The lowest BCUT2D eigenvalue weighted by molar-refractivity contribution is 0.581. The van der Waals surface area contributed by atoms with Crippen molar-refractivity contribution in [1.29, 1.82) is 0 Å². The van der Waals surface area contributed by atoms with Crippen molar-refractivity contribution in [2.45, 2.75) is 11.4 Å². The Hall–Kier alpha value is -4.08. The highest BCUT2D eigenvalue weighted by molar-refractivity contribution is 7.89. The van der Waals surface area contributed by atoms with Crippen LogP contribution in [-0.2, 0) is 16.6 Å². The molecule has 35 heavy (non-hydrogen) atoms. The van der Waals surface area contributed by atoms with Crippen molar-refractivity contribution in [3.8, 4) is 22.5 Å². The van der Waals surface area contributed by atoms with Crippen LogP contribution in [0.3, 0.4) is 0 Å². The molecule has 0 aliphatic rings. The molecule has 9 heteroatoms. The van der Waals surface area contributed by atoms with Gasteiger partial charge in [-0.3, -0.25) is 4.98 Å². The summed E-state index contributed by atoms with van der Waals surface area (Å²) in [6, 6.07) is 19.5. The Kier molecular flexibility index (Phi) is 6.02. The standard InChI is InChI=1S/C26H18F2N4O2S/c27-20-7-3-18(4-8-20)25-26(19-5-9-21(28)10-6-19)32-24-14-22(11-12-23(24)31-25)35(33,34)30-16-17-2-1-13-29-15-17/h1-15,30H,16H2. The summed E-state index contributed by atoms with van der Waals surface area (Å²) >= 11 is 0. The van der Waals surface area contributed by atoms with E-state index in [-0.39, 0.29) is 17.3 Å². The normalized spacial score (nSPS) is 11.6. The topological polar surface area (TPSA) is 84.8 Å². The number of rotatable bonds is 6. The summed E-state index contributed by atoms with van der Waals surface area (Å²) < 4.78 is 55.4. The summed E-state index contributed by atoms with van der Waals surface area (Å²) in [5, 5.41) is 0. The average molecular weight is 489 g/mol. The summed E-state index contributed by atoms with van der Waals surface area (Å²) in [5.74, 6) is -0.793. The van der Waals surface area contributed by atoms with E-state index >= 15 is 0 Å². The first-order valence-electron chi connectivity index (χ1n) is 10.6. The fraction of sp³-hybridized carbons (Fsp3) is 0.0385. The summed E-state index contributed by atoms with van der Waals surface area (Å²) in [5.41, 5.74) is 3.62. The van der Waals surface area contributed by atoms with E-state index in [4.69, 9.17) is 0 Å². The monoisotopic (exact) mass is 488 g/mol. The molecule has 2 aromatic heterocycles. The first-order chi connectivity index (χ1) is 16.9. The van der Waals surface area contributed by atoms with Crippen molar-refractivity contribution >= 4 is 21.1 Å². The van der Waals surface area contributed by atoms with Crippen LogP contribution in [0.2, 0.25) is 0 Å². The van der Waals surface area contributed by atoms with E-state index in [0.717, 1.165) is 5.56 Å². The second-order valence-electron chi connectivity index (χ2n) is 7.77. The Morgan fingerprint density at radius 2 is 1.34 bits per heavy atom. The molecule has 0 saturated heterocycles. The number of fused-ring (bicyclic) bond motifs is 1. The molecule has 5 aromatic rings. The zero-order valence-corrected chi connectivity index (χ0v) is 19.0. The lowest BCUT2D eigenvalue weighted by Gasteiger charge is -2.12. The van der Waals surface area contributed by atoms with Crippen LogP contribution in [0.15, 0.2) is 96.2 Å². The molecule has 0 bridgehead atoms. The summed E-state index contributed by atoms with van der Waals surface area (Å²) in [7, 11) is -3.84.